The van der Waals surface area contributed by atoms with Crippen molar-refractivity contribution in [2.24, 2.45) is 0 Å². The van der Waals surface area contributed by atoms with Crippen LogP contribution in [0.2, 0.25) is 0 Å². The van der Waals surface area contributed by atoms with Gasteiger partial charge in [-0.25, -0.2) is 0 Å². The van der Waals surface area contributed by atoms with Crippen LogP contribution in [0, 0.1) is 0 Å². The minimum atomic E-state index is 0.292. The summed E-state index contributed by atoms with van der Waals surface area (Å²) in [5.74, 6) is 0. The van der Waals surface area contributed by atoms with E-state index in [0.717, 1.165) is 0 Å². The van der Waals surface area contributed by atoms with Crippen LogP contribution in [0.3, 0.4) is 0 Å². The van der Waals surface area contributed by atoms with E-state index in [9.17, 15) is 0 Å². The third kappa shape index (κ3) is 2.59. The minimum absolute atomic E-state index is 0.292. The van der Waals surface area contributed by atoms with Crippen molar-refractivity contribution in [3.05, 3.63) is 22.4 Å². The molecule has 2 heteroatoms. The Labute approximate surface area is 134 Å². The largest absolute Gasteiger partial charge is 0.283 e. The number of likely N-dealkylation sites (tertiary alicyclic amines) is 1. The molecule has 2 aliphatic rings. The zero-order valence-corrected chi connectivity index (χ0v) is 15.1. The number of rotatable bonds is 2. The monoisotopic (exact) mass is 305 g/mol. The Morgan fingerprint density at radius 1 is 0.857 bits per heavy atom. The maximum Gasteiger partial charge on any atom is 0.0563 e. The fraction of sp³-hybridized carbons (Fsp3) is 0.789. The lowest BCUT2D eigenvalue weighted by Crippen LogP contribution is -2.67. The van der Waals surface area contributed by atoms with Crippen molar-refractivity contribution in [3.63, 3.8) is 0 Å². The number of piperidine rings is 1. The first-order valence-corrected chi connectivity index (χ1v) is 9.61. The summed E-state index contributed by atoms with van der Waals surface area (Å²) in [6.45, 7) is 9.94. The molecule has 118 valence electrons. The van der Waals surface area contributed by atoms with Crippen LogP contribution in [0.4, 0.5) is 0 Å². The second-order valence-electron chi connectivity index (χ2n) is 8.38. The summed E-state index contributed by atoms with van der Waals surface area (Å²) in [7, 11) is 0. The van der Waals surface area contributed by atoms with Gasteiger partial charge in [-0.2, -0.15) is 0 Å². The van der Waals surface area contributed by atoms with Crippen LogP contribution < -0.4 is 0 Å². The summed E-state index contributed by atoms with van der Waals surface area (Å²) in [4.78, 5) is 4.56. The van der Waals surface area contributed by atoms with Crippen LogP contribution in [0.25, 0.3) is 0 Å². The lowest BCUT2D eigenvalue weighted by Gasteiger charge is -2.62. The Balaban J connectivity index is 2.10. The number of nitrogens with zero attached hydrogens (tertiary/aromatic N) is 1. The van der Waals surface area contributed by atoms with Gasteiger partial charge in [-0.05, 0) is 71.2 Å². The molecule has 0 unspecified atom stereocenters. The van der Waals surface area contributed by atoms with Crippen LogP contribution in [-0.4, -0.2) is 16.0 Å². The molecule has 0 radical (unpaired) electrons. The zero-order chi connectivity index (χ0) is 15.1. The van der Waals surface area contributed by atoms with Crippen molar-refractivity contribution >= 4 is 11.3 Å². The predicted octanol–water partition coefficient (Wildman–Crippen LogP) is 5.95. The van der Waals surface area contributed by atoms with Crippen molar-refractivity contribution in [1.82, 2.24) is 4.90 Å². The Bertz CT molecular complexity index is 450. The standard InChI is InChI=1S/C19H31NS/c1-17(2)11-9-12-18(3,4)20(17)19(13-6-5-7-14-19)16-10-8-15-21-16/h8,10,15H,5-7,9,11-14H2,1-4H3. The number of thiophene rings is 1. The molecular weight excluding hydrogens is 274 g/mol. The molecule has 1 aliphatic heterocycles. The molecule has 1 saturated carbocycles. The fourth-order valence-electron chi connectivity index (χ4n) is 5.42. The normalized spacial score (nSPS) is 28.4. The lowest BCUT2D eigenvalue weighted by atomic mass is 9.69. The van der Waals surface area contributed by atoms with Crippen molar-refractivity contribution in [2.45, 2.75) is 95.7 Å². The van der Waals surface area contributed by atoms with Crippen LogP contribution in [0.15, 0.2) is 17.5 Å². The lowest BCUT2D eigenvalue weighted by molar-refractivity contribution is -0.127. The van der Waals surface area contributed by atoms with Crippen molar-refractivity contribution in [1.29, 1.82) is 0 Å². The molecule has 0 atom stereocenters. The molecule has 3 rings (SSSR count). The maximum absolute atomic E-state index is 2.95. The molecule has 2 heterocycles. The van der Waals surface area contributed by atoms with E-state index in [1.54, 1.807) is 4.88 Å². The van der Waals surface area contributed by atoms with E-state index in [-0.39, 0.29) is 0 Å². The molecule has 1 aromatic heterocycles. The molecule has 0 bridgehead atoms. The van der Waals surface area contributed by atoms with Crippen molar-refractivity contribution in [2.75, 3.05) is 0 Å². The topological polar surface area (TPSA) is 3.24 Å². The average molecular weight is 306 g/mol. The molecule has 1 aromatic rings. The van der Waals surface area contributed by atoms with Gasteiger partial charge in [-0.3, -0.25) is 4.90 Å². The molecule has 0 aromatic carbocycles. The second-order valence-corrected chi connectivity index (χ2v) is 9.33. The van der Waals surface area contributed by atoms with E-state index in [2.05, 4.69) is 50.1 Å². The fourth-order valence-corrected chi connectivity index (χ4v) is 6.39. The van der Waals surface area contributed by atoms with Crippen LogP contribution >= 0.6 is 11.3 Å². The molecule has 1 saturated heterocycles. The van der Waals surface area contributed by atoms with E-state index in [0.29, 0.717) is 16.6 Å². The van der Waals surface area contributed by atoms with Gasteiger partial charge in [0.1, 0.15) is 0 Å². The summed E-state index contributed by atoms with van der Waals surface area (Å²) in [5.41, 5.74) is 0.909. The average Bonchev–Trinajstić information content (AvgIpc) is 2.91. The quantitative estimate of drug-likeness (QED) is 0.652. The van der Waals surface area contributed by atoms with Gasteiger partial charge in [0.2, 0.25) is 0 Å². The third-order valence-corrected chi connectivity index (χ3v) is 6.94. The highest BCUT2D eigenvalue weighted by Gasteiger charge is 2.53. The first kappa shape index (κ1) is 15.6. The molecular formula is C19H31NS. The highest BCUT2D eigenvalue weighted by Crippen LogP contribution is 2.53. The van der Waals surface area contributed by atoms with E-state index in [4.69, 9.17) is 0 Å². The zero-order valence-electron chi connectivity index (χ0n) is 14.2. The molecule has 1 aliphatic carbocycles. The number of hydrogen-bond acceptors (Lipinski definition) is 2. The summed E-state index contributed by atoms with van der Waals surface area (Å²) in [6, 6.07) is 4.65. The van der Waals surface area contributed by atoms with Gasteiger partial charge in [-0.1, -0.05) is 25.3 Å². The Kier molecular flexibility index (Phi) is 3.99. The molecule has 0 N–H and O–H groups in total. The van der Waals surface area contributed by atoms with E-state index >= 15 is 0 Å². The molecule has 21 heavy (non-hydrogen) atoms. The van der Waals surface area contributed by atoms with Crippen molar-refractivity contribution < 1.29 is 0 Å². The first-order valence-electron chi connectivity index (χ1n) is 8.73. The van der Waals surface area contributed by atoms with Gasteiger partial charge in [0.25, 0.3) is 0 Å². The minimum Gasteiger partial charge on any atom is -0.283 e. The molecule has 0 amide bonds. The smallest absolute Gasteiger partial charge is 0.0563 e. The van der Waals surface area contributed by atoms with Crippen molar-refractivity contribution in [3.8, 4) is 0 Å². The summed E-state index contributed by atoms with van der Waals surface area (Å²) < 4.78 is 0. The van der Waals surface area contributed by atoms with Gasteiger partial charge in [0.15, 0.2) is 0 Å². The SMILES string of the molecule is CC1(C)CCCC(C)(C)N1C1(c2cccs2)CCCCC1. The number of hydrogen-bond donors (Lipinski definition) is 0. The summed E-state index contributed by atoms with van der Waals surface area (Å²) in [6.07, 6.45) is 10.9. The van der Waals surface area contributed by atoms with Gasteiger partial charge in [-0.15, -0.1) is 11.3 Å². The Hall–Kier alpha value is -0.340. The Morgan fingerprint density at radius 2 is 1.48 bits per heavy atom. The molecule has 0 spiro atoms. The van der Waals surface area contributed by atoms with E-state index in [1.807, 2.05) is 11.3 Å². The highest BCUT2D eigenvalue weighted by atomic mass is 32.1. The predicted molar refractivity (Wildman–Crippen MR) is 92.9 cm³/mol. The van der Waals surface area contributed by atoms with E-state index in [1.165, 1.54) is 51.4 Å². The van der Waals surface area contributed by atoms with Crippen LogP contribution in [0.1, 0.15) is 83.9 Å². The van der Waals surface area contributed by atoms with Gasteiger partial charge in [0, 0.05) is 16.0 Å². The Morgan fingerprint density at radius 3 is 2.00 bits per heavy atom. The molecule has 1 nitrogen and oxygen atoms in total. The van der Waals surface area contributed by atoms with Crippen LogP contribution in [0.5, 0.6) is 0 Å². The van der Waals surface area contributed by atoms with E-state index < -0.39 is 0 Å². The highest BCUT2D eigenvalue weighted by molar-refractivity contribution is 7.10. The second kappa shape index (κ2) is 5.38. The van der Waals surface area contributed by atoms with Crippen LogP contribution in [-0.2, 0) is 5.54 Å². The maximum atomic E-state index is 2.95. The summed E-state index contributed by atoms with van der Waals surface area (Å²) >= 11 is 1.98. The van der Waals surface area contributed by atoms with Gasteiger partial charge in [0.05, 0.1) is 5.54 Å². The van der Waals surface area contributed by atoms with Gasteiger partial charge >= 0.3 is 0 Å². The first-order chi connectivity index (χ1) is 9.89. The molecule has 2 fully saturated rings. The third-order valence-electron chi connectivity index (χ3n) is 5.88. The summed E-state index contributed by atoms with van der Waals surface area (Å²) in [5, 5.41) is 2.27. The van der Waals surface area contributed by atoms with Gasteiger partial charge < -0.3 is 0 Å².